The van der Waals surface area contributed by atoms with Crippen molar-refractivity contribution < 1.29 is 4.79 Å². The van der Waals surface area contributed by atoms with Gasteiger partial charge in [-0.05, 0) is 62.2 Å². The number of carbonyl (C=O) groups excluding carboxylic acids is 1. The maximum atomic E-state index is 12.7. The minimum atomic E-state index is 0.205. The molecule has 1 saturated heterocycles. The van der Waals surface area contributed by atoms with E-state index < -0.39 is 0 Å². The average Bonchev–Trinajstić information content (AvgIpc) is 3.12. The SMILES string of the molecule is Cc1cc(C)n(-c2ccc(CCC(=O)N3CCN(c4ccc(Cl)c(Cl)c4)CC3)cc2)n1. The fraction of sp³-hybridized carbons (Fsp3) is 0.333. The average molecular weight is 457 g/mol. The first-order valence-corrected chi connectivity index (χ1v) is 11.3. The van der Waals surface area contributed by atoms with Crippen LogP contribution < -0.4 is 4.90 Å². The van der Waals surface area contributed by atoms with Gasteiger partial charge in [0.25, 0.3) is 0 Å². The number of carbonyl (C=O) groups is 1. The van der Waals surface area contributed by atoms with Gasteiger partial charge in [-0.2, -0.15) is 5.10 Å². The van der Waals surface area contributed by atoms with E-state index in [9.17, 15) is 4.79 Å². The van der Waals surface area contributed by atoms with E-state index in [1.807, 2.05) is 41.6 Å². The number of aromatic nitrogens is 2. The van der Waals surface area contributed by atoms with Crippen LogP contribution >= 0.6 is 23.2 Å². The van der Waals surface area contributed by atoms with Crippen LogP contribution in [0.2, 0.25) is 10.0 Å². The molecule has 1 amide bonds. The van der Waals surface area contributed by atoms with E-state index in [1.165, 1.54) is 0 Å². The van der Waals surface area contributed by atoms with Gasteiger partial charge in [0.05, 0.1) is 21.4 Å². The largest absolute Gasteiger partial charge is 0.368 e. The monoisotopic (exact) mass is 456 g/mol. The maximum Gasteiger partial charge on any atom is 0.223 e. The first kappa shape index (κ1) is 21.7. The Labute approximate surface area is 193 Å². The summed E-state index contributed by atoms with van der Waals surface area (Å²) in [5.41, 5.74) is 5.36. The zero-order valence-corrected chi connectivity index (χ0v) is 19.3. The summed E-state index contributed by atoms with van der Waals surface area (Å²) < 4.78 is 1.94. The number of halogens is 2. The zero-order chi connectivity index (χ0) is 22.0. The van der Waals surface area contributed by atoms with Crippen molar-refractivity contribution in [2.24, 2.45) is 0 Å². The third-order valence-corrected chi connectivity index (χ3v) is 6.46. The molecular formula is C24H26Cl2N4O. The second-order valence-electron chi connectivity index (χ2n) is 7.97. The van der Waals surface area contributed by atoms with E-state index in [0.717, 1.165) is 60.9 Å². The van der Waals surface area contributed by atoms with Gasteiger partial charge in [-0.1, -0.05) is 35.3 Å². The van der Waals surface area contributed by atoms with E-state index in [2.05, 4.69) is 40.3 Å². The normalized spacial score (nSPS) is 14.2. The molecule has 1 aliphatic heterocycles. The maximum absolute atomic E-state index is 12.7. The Morgan fingerprint density at radius 2 is 1.58 bits per heavy atom. The fourth-order valence-corrected chi connectivity index (χ4v) is 4.29. The topological polar surface area (TPSA) is 41.4 Å². The highest BCUT2D eigenvalue weighted by atomic mass is 35.5. The molecule has 31 heavy (non-hydrogen) atoms. The lowest BCUT2D eigenvalue weighted by molar-refractivity contribution is -0.131. The quantitative estimate of drug-likeness (QED) is 0.537. The third kappa shape index (κ3) is 5.05. The molecule has 1 aliphatic rings. The molecule has 4 rings (SSSR count). The Morgan fingerprint density at radius 3 is 2.19 bits per heavy atom. The Bertz CT molecular complexity index is 1070. The highest BCUT2D eigenvalue weighted by molar-refractivity contribution is 6.42. The molecule has 5 nitrogen and oxygen atoms in total. The van der Waals surface area contributed by atoms with Crippen LogP contribution in [-0.4, -0.2) is 46.8 Å². The van der Waals surface area contributed by atoms with Gasteiger partial charge in [-0.25, -0.2) is 4.68 Å². The Morgan fingerprint density at radius 1 is 0.903 bits per heavy atom. The van der Waals surface area contributed by atoms with Crippen LogP contribution in [0.15, 0.2) is 48.5 Å². The van der Waals surface area contributed by atoms with Crippen molar-refractivity contribution in [1.29, 1.82) is 0 Å². The molecule has 0 radical (unpaired) electrons. The van der Waals surface area contributed by atoms with Crippen LogP contribution in [0.5, 0.6) is 0 Å². The van der Waals surface area contributed by atoms with Gasteiger partial charge in [-0.15, -0.1) is 0 Å². The number of aryl methyl sites for hydroxylation is 3. The molecule has 0 unspecified atom stereocenters. The minimum Gasteiger partial charge on any atom is -0.368 e. The molecule has 0 atom stereocenters. The van der Waals surface area contributed by atoms with Gasteiger partial charge < -0.3 is 9.80 Å². The lowest BCUT2D eigenvalue weighted by atomic mass is 10.1. The lowest BCUT2D eigenvalue weighted by Crippen LogP contribution is -2.48. The number of anilines is 1. The molecule has 0 N–H and O–H groups in total. The number of hydrogen-bond donors (Lipinski definition) is 0. The smallest absolute Gasteiger partial charge is 0.223 e. The molecule has 0 saturated carbocycles. The van der Waals surface area contributed by atoms with Crippen molar-refractivity contribution >= 4 is 34.8 Å². The van der Waals surface area contributed by atoms with E-state index in [0.29, 0.717) is 16.5 Å². The van der Waals surface area contributed by atoms with Gasteiger partial charge in [-0.3, -0.25) is 4.79 Å². The van der Waals surface area contributed by atoms with Crippen LogP contribution in [-0.2, 0) is 11.2 Å². The number of rotatable bonds is 5. The highest BCUT2D eigenvalue weighted by Crippen LogP contribution is 2.27. The van der Waals surface area contributed by atoms with Gasteiger partial charge in [0.15, 0.2) is 0 Å². The molecule has 2 heterocycles. The summed E-state index contributed by atoms with van der Waals surface area (Å²) in [5, 5.41) is 5.64. The van der Waals surface area contributed by atoms with Crippen molar-refractivity contribution in [2.75, 3.05) is 31.1 Å². The summed E-state index contributed by atoms with van der Waals surface area (Å²) >= 11 is 12.1. The Kier molecular flexibility index (Phi) is 6.54. The third-order valence-electron chi connectivity index (χ3n) is 5.72. The van der Waals surface area contributed by atoms with Crippen molar-refractivity contribution in [2.45, 2.75) is 26.7 Å². The van der Waals surface area contributed by atoms with E-state index >= 15 is 0 Å². The summed E-state index contributed by atoms with van der Waals surface area (Å²) in [7, 11) is 0. The van der Waals surface area contributed by atoms with E-state index in [1.54, 1.807) is 0 Å². The number of amides is 1. The second-order valence-corrected chi connectivity index (χ2v) is 8.79. The summed E-state index contributed by atoms with van der Waals surface area (Å²) in [6.07, 6.45) is 1.26. The molecule has 1 aromatic heterocycles. The predicted molar refractivity (Wildman–Crippen MR) is 127 cm³/mol. The molecule has 0 spiro atoms. The Hall–Kier alpha value is -2.50. The first-order chi connectivity index (χ1) is 14.9. The summed E-state index contributed by atoms with van der Waals surface area (Å²) in [4.78, 5) is 16.9. The predicted octanol–water partition coefficient (Wildman–Crippen LogP) is 5.08. The van der Waals surface area contributed by atoms with Gasteiger partial charge >= 0.3 is 0 Å². The van der Waals surface area contributed by atoms with Crippen LogP contribution in [0.3, 0.4) is 0 Å². The Balaban J connectivity index is 1.28. The number of piperazine rings is 1. The molecular weight excluding hydrogens is 431 g/mol. The second kappa shape index (κ2) is 9.33. The number of nitrogens with zero attached hydrogens (tertiary/aromatic N) is 4. The molecule has 162 valence electrons. The molecule has 2 aromatic carbocycles. The van der Waals surface area contributed by atoms with Crippen molar-refractivity contribution in [3.05, 3.63) is 75.5 Å². The van der Waals surface area contributed by atoms with E-state index in [4.69, 9.17) is 23.2 Å². The van der Waals surface area contributed by atoms with Crippen LogP contribution in [0.4, 0.5) is 5.69 Å². The fourth-order valence-electron chi connectivity index (χ4n) is 4.00. The standard InChI is InChI=1S/C24H26Cl2N4O/c1-17-15-18(2)30(27-17)20-6-3-19(4-7-20)5-10-24(31)29-13-11-28(12-14-29)21-8-9-22(25)23(26)16-21/h3-4,6-9,15-16H,5,10-14H2,1-2H3. The lowest BCUT2D eigenvalue weighted by Gasteiger charge is -2.36. The van der Waals surface area contributed by atoms with Gasteiger partial charge in [0, 0.05) is 44.0 Å². The highest BCUT2D eigenvalue weighted by Gasteiger charge is 2.21. The first-order valence-electron chi connectivity index (χ1n) is 10.5. The molecule has 0 aliphatic carbocycles. The summed E-state index contributed by atoms with van der Waals surface area (Å²) in [6.45, 7) is 7.07. The molecule has 7 heteroatoms. The van der Waals surface area contributed by atoms with Crippen LogP contribution in [0, 0.1) is 13.8 Å². The van der Waals surface area contributed by atoms with Crippen LogP contribution in [0.25, 0.3) is 5.69 Å². The van der Waals surface area contributed by atoms with E-state index in [-0.39, 0.29) is 5.91 Å². The molecule has 3 aromatic rings. The summed E-state index contributed by atoms with van der Waals surface area (Å²) in [6, 6.07) is 16.0. The van der Waals surface area contributed by atoms with Gasteiger partial charge in [0.2, 0.25) is 5.91 Å². The number of benzene rings is 2. The minimum absolute atomic E-state index is 0.205. The van der Waals surface area contributed by atoms with Crippen LogP contribution in [0.1, 0.15) is 23.4 Å². The molecule has 1 fully saturated rings. The van der Waals surface area contributed by atoms with Gasteiger partial charge in [0.1, 0.15) is 0 Å². The summed E-state index contributed by atoms with van der Waals surface area (Å²) in [5.74, 6) is 0.205. The number of hydrogen-bond acceptors (Lipinski definition) is 3. The van der Waals surface area contributed by atoms with Crippen molar-refractivity contribution in [3.8, 4) is 5.69 Å². The zero-order valence-electron chi connectivity index (χ0n) is 17.8. The van der Waals surface area contributed by atoms with Crippen molar-refractivity contribution in [1.82, 2.24) is 14.7 Å². The van der Waals surface area contributed by atoms with Crippen molar-refractivity contribution in [3.63, 3.8) is 0 Å². The molecule has 0 bridgehead atoms.